The van der Waals surface area contributed by atoms with Crippen LogP contribution >= 0.6 is 0 Å². The lowest BCUT2D eigenvalue weighted by Gasteiger charge is -2.18. The van der Waals surface area contributed by atoms with Crippen LogP contribution in [0, 0.1) is 6.92 Å². The highest BCUT2D eigenvalue weighted by Gasteiger charge is 2.11. The lowest BCUT2D eigenvalue weighted by Crippen LogP contribution is -2.27. The summed E-state index contributed by atoms with van der Waals surface area (Å²) < 4.78 is 16.0. The molecule has 2 atom stereocenters. The molecule has 0 heterocycles. The lowest BCUT2D eigenvalue weighted by atomic mass is 10.1. The highest BCUT2D eigenvalue weighted by atomic mass is 16.5. The maximum absolute atomic E-state index is 9.83. The molecule has 0 fully saturated rings. The van der Waals surface area contributed by atoms with E-state index in [-0.39, 0.29) is 25.9 Å². The van der Waals surface area contributed by atoms with E-state index in [1.807, 2.05) is 26.0 Å². The first-order valence-electron chi connectivity index (χ1n) is 6.69. The van der Waals surface area contributed by atoms with Gasteiger partial charge in [-0.15, -0.1) is 0 Å². The number of benzene rings is 1. The summed E-state index contributed by atoms with van der Waals surface area (Å²) in [4.78, 5) is 0. The summed E-state index contributed by atoms with van der Waals surface area (Å²) in [7, 11) is 1.61. The quantitative estimate of drug-likeness (QED) is 0.715. The maximum Gasteiger partial charge on any atom is 0.127 e. The van der Waals surface area contributed by atoms with Crippen LogP contribution in [-0.2, 0) is 16.1 Å². The first-order chi connectivity index (χ1) is 9.58. The van der Waals surface area contributed by atoms with Crippen molar-refractivity contribution in [1.29, 1.82) is 0 Å². The Morgan fingerprint density at radius 3 is 2.60 bits per heavy atom. The zero-order valence-electron chi connectivity index (χ0n) is 12.3. The van der Waals surface area contributed by atoms with Crippen LogP contribution in [0.15, 0.2) is 18.2 Å². The molecule has 0 aromatic heterocycles. The van der Waals surface area contributed by atoms with E-state index in [1.54, 1.807) is 13.2 Å². The van der Waals surface area contributed by atoms with E-state index >= 15 is 0 Å². The molecule has 5 heteroatoms. The predicted octanol–water partition coefficient (Wildman–Crippen LogP) is 1.28. The fraction of sp³-hybridized carbons (Fsp3) is 0.600. The van der Waals surface area contributed by atoms with Crippen LogP contribution in [0.2, 0.25) is 0 Å². The second-order valence-corrected chi connectivity index (χ2v) is 4.79. The van der Waals surface area contributed by atoms with Gasteiger partial charge in [-0.05, 0) is 19.4 Å². The van der Waals surface area contributed by atoms with Crippen molar-refractivity contribution in [2.75, 3.05) is 26.9 Å². The SMILES string of the molecule is COCC(C)OCC(O)COc1c(C)cccc1CO. The van der Waals surface area contributed by atoms with Crippen LogP contribution in [0.3, 0.4) is 0 Å². The van der Waals surface area contributed by atoms with E-state index in [9.17, 15) is 10.2 Å². The molecule has 2 N–H and O–H groups in total. The number of aliphatic hydroxyl groups is 2. The molecule has 20 heavy (non-hydrogen) atoms. The number of rotatable bonds is 9. The molecule has 1 aromatic carbocycles. The largest absolute Gasteiger partial charge is 0.490 e. The summed E-state index contributed by atoms with van der Waals surface area (Å²) in [6.07, 6.45) is -0.790. The molecule has 1 rings (SSSR count). The van der Waals surface area contributed by atoms with Gasteiger partial charge in [0.05, 0.1) is 25.9 Å². The van der Waals surface area contributed by atoms with Crippen molar-refractivity contribution < 1.29 is 24.4 Å². The predicted molar refractivity (Wildman–Crippen MR) is 75.9 cm³/mol. The van der Waals surface area contributed by atoms with Gasteiger partial charge >= 0.3 is 0 Å². The summed E-state index contributed by atoms with van der Waals surface area (Å²) in [5.41, 5.74) is 1.64. The number of methoxy groups -OCH3 is 1. The van der Waals surface area contributed by atoms with E-state index in [1.165, 1.54) is 0 Å². The van der Waals surface area contributed by atoms with E-state index in [0.29, 0.717) is 17.9 Å². The van der Waals surface area contributed by atoms with Gasteiger partial charge in [-0.3, -0.25) is 0 Å². The average molecular weight is 284 g/mol. The van der Waals surface area contributed by atoms with Gasteiger partial charge in [0.25, 0.3) is 0 Å². The smallest absolute Gasteiger partial charge is 0.127 e. The number of aryl methyl sites for hydroxylation is 1. The molecule has 0 spiro atoms. The third-order valence-corrected chi connectivity index (χ3v) is 2.86. The summed E-state index contributed by atoms with van der Waals surface area (Å²) in [5, 5.41) is 19.1. The molecule has 0 radical (unpaired) electrons. The van der Waals surface area contributed by atoms with Gasteiger partial charge in [-0.1, -0.05) is 18.2 Å². The number of aliphatic hydroxyl groups excluding tert-OH is 2. The van der Waals surface area contributed by atoms with Crippen molar-refractivity contribution in [2.45, 2.75) is 32.7 Å². The Balaban J connectivity index is 2.43. The minimum atomic E-state index is -0.722. The monoisotopic (exact) mass is 284 g/mol. The molecule has 5 nitrogen and oxygen atoms in total. The zero-order valence-corrected chi connectivity index (χ0v) is 12.3. The van der Waals surface area contributed by atoms with Crippen LogP contribution in [0.5, 0.6) is 5.75 Å². The third kappa shape index (κ3) is 5.46. The Morgan fingerprint density at radius 2 is 1.95 bits per heavy atom. The van der Waals surface area contributed by atoms with E-state index in [0.717, 1.165) is 5.56 Å². The molecular formula is C15H24O5. The summed E-state index contributed by atoms with van der Waals surface area (Å²) in [6, 6.07) is 5.56. The van der Waals surface area contributed by atoms with Gasteiger partial charge in [0, 0.05) is 12.7 Å². The molecule has 0 aliphatic heterocycles. The van der Waals surface area contributed by atoms with Crippen LogP contribution in [0.4, 0.5) is 0 Å². The number of para-hydroxylation sites is 1. The molecule has 114 valence electrons. The van der Waals surface area contributed by atoms with Crippen LogP contribution < -0.4 is 4.74 Å². The first-order valence-corrected chi connectivity index (χ1v) is 6.69. The van der Waals surface area contributed by atoms with E-state index in [4.69, 9.17) is 14.2 Å². The standard InChI is InChI=1S/C15H24O5/c1-11-5-4-6-13(7-16)15(11)20-10-14(17)9-19-12(2)8-18-3/h4-6,12,14,16-17H,7-10H2,1-3H3. The van der Waals surface area contributed by atoms with Gasteiger partial charge < -0.3 is 24.4 Å². The van der Waals surface area contributed by atoms with Crippen LogP contribution in [0.25, 0.3) is 0 Å². The van der Waals surface area contributed by atoms with E-state index in [2.05, 4.69) is 0 Å². The number of hydrogen-bond acceptors (Lipinski definition) is 5. The van der Waals surface area contributed by atoms with Crippen LogP contribution in [0.1, 0.15) is 18.1 Å². The fourth-order valence-corrected chi connectivity index (χ4v) is 1.83. The molecule has 0 bridgehead atoms. The molecule has 0 aliphatic rings. The second-order valence-electron chi connectivity index (χ2n) is 4.79. The summed E-state index contributed by atoms with van der Waals surface area (Å²) in [6.45, 7) is 4.48. The number of hydrogen-bond donors (Lipinski definition) is 2. The van der Waals surface area contributed by atoms with Crippen LogP contribution in [-0.4, -0.2) is 49.4 Å². The van der Waals surface area contributed by atoms with Crippen molar-refractivity contribution in [3.05, 3.63) is 29.3 Å². The third-order valence-electron chi connectivity index (χ3n) is 2.86. The molecule has 1 aromatic rings. The molecular weight excluding hydrogens is 260 g/mol. The minimum Gasteiger partial charge on any atom is -0.490 e. The summed E-state index contributed by atoms with van der Waals surface area (Å²) >= 11 is 0. The normalized spacial score (nSPS) is 14.1. The molecule has 2 unspecified atom stereocenters. The van der Waals surface area contributed by atoms with E-state index < -0.39 is 6.10 Å². The average Bonchev–Trinajstić information content (AvgIpc) is 2.43. The second kappa shape index (κ2) is 8.92. The summed E-state index contributed by atoms with van der Waals surface area (Å²) in [5.74, 6) is 0.624. The van der Waals surface area contributed by atoms with Gasteiger partial charge in [-0.25, -0.2) is 0 Å². The van der Waals surface area contributed by atoms with Gasteiger partial charge in [0.15, 0.2) is 0 Å². The molecule has 0 saturated heterocycles. The van der Waals surface area contributed by atoms with Gasteiger partial charge in [-0.2, -0.15) is 0 Å². The Bertz CT molecular complexity index is 394. The van der Waals surface area contributed by atoms with Crippen molar-refractivity contribution >= 4 is 0 Å². The topological polar surface area (TPSA) is 68.2 Å². The number of ether oxygens (including phenoxy) is 3. The highest BCUT2D eigenvalue weighted by Crippen LogP contribution is 2.23. The minimum absolute atomic E-state index is 0.0684. The van der Waals surface area contributed by atoms with Crippen molar-refractivity contribution in [1.82, 2.24) is 0 Å². The Labute approximate surface area is 120 Å². The molecule has 0 aliphatic carbocycles. The molecule has 0 amide bonds. The fourth-order valence-electron chi connectivity index (χ4n) is 1.83. The zero-order chi connectivity index (χ0) is 15.0. The molecule has 0 saturated carbocycles. The maximum atomic E-state index is 9.83. The van der Waals surface area contributed by atoms with Crippen molar-refractivity contribution in [2.24, 2.45) is 0 Å². The highest BCUT2D eigenvalue weighted by molar-refractivity contribution is 5.40. The Hall–Kier alpha value is -1.14. The van der Waals surface area contributed by atoms with Crippen molar-refractivity contribution in [3.63, 3.8) is 0 Å². The lowest BCUT2D eigenvalue weighted by molar-refractivity contribution is -0.0424. The van der Waals surface area contributed by atoms with Gasteiger partial charge in [0.1, 0.15) is 18.5 Å². The van der Waals surface area contributed by atoms with Gasteiger partial charge in [0.2, 0.25) is 0 Å². The van der Waals surface area contributed by atoms with Crippen molar-refractivity contribution in [3.8, 4) is 5.75 Å². The first kappa shape index (κ1) is 16.9. The Morgan fingerprint density at radius 1 is 1.20 bits per heavy atom. The Kier molecular flexibility index (Phi) is 7.54.